The Balaban J connectivity index is 1.14. The number of aliphatic hydroxyl groups is 11. The number of aliphatic hydroxyl groups excluding tert-OH is 11. The zero-order chi connectivity index (χ0) is 64.7. The maximum Gasteiger partial charge on any atom is 0.335 e. The molecule has 3 heterocycles. The molecule has 5 aliphatic carbocycles. The fourth-order valence-electron chi connectivity index (χ4n) is 16.8. The summed E-state index contributed by atoms with van der Waals surface area (Å²) in [5, 5.41) is 135. The van der Waals surface area contributed by atoms with Crippen LogP contribution in [0.25, 0.3) is 0 Å². The summed E-state index contributed by atoms with van der Waals surface area (Å²) in [6.07, 6.45) is -25.9. The van der Waals surface area contributed by atoms with Crippen LogP contribution in [-0.4, -0.2) is 228 Å². The molecule has 0 amide bonds. The van der Waals surface area contributed by atoms with Crippen LogP contribution in [0.2, 0.25) is 0 Å². The van der Waals surface area contributed by atoms with Crippen molar-refractivity contribution >= 4 is 23.9 Å². The molecule has 28 atom stereocenters. The quantitative estimate of drug-likeness (QED) is 0.0315. The van der Waals surface area contributed by atoms with Crippen molar-refractivity contribution in [3.8, 4) is 0 Å². The van der Waals surface area contributed by atoms with Gasteiger partial charge in [-0.3, -0.25) is 4.79 Å². The van der Waals surface area contributed by atoms with Crippen molar-refractivity contribution in [1.29, 1.82) is 0 Å². The molecule has 0 bridgehead atoms. The van der Waals surface area contributed by atoms with Gasteiger partial charge in [0.15, 0.2) is 31.1 Å². The maximum atomic E-state index is 14.5. The number of carboxylic acid groups (broad SMARTS) is 1. The average molecular weight is 1240 g/mol. The molecule has 8 aliphatic rings. The molecule has 0 aromatic rings. The number of carbonyl (C=O) groups is 4. The minimum Gasteiger partial charge on any atom is -0.479 e. The lowest BCUT2D eigenvalue weighted by atomic mass is 9.32. The van der Waals surface area contributed by atoms with E-state index >= 15 is 0 Å². The summed E-state index contributed by atoms with van der Waals surface area (Å²) < 4.78 is 55.0. The van der Waals surface area contributed by atoms with Crippen molar-refractivity contribution in [2.24, 2.45) is 56.2 Å². The Hall–Kier alpha value is -3.58. The molecule has 12 N–H and O–H groups in total. The molecular formula is C62H96O25. The molecule has 0 aromatic heterocycles. The summed E-state index contributed by atoms with van der Waals surface area (Å²) in [6.45, 7) is 21.1. The number of ether oxygens (including phenoxy) is 9. The van der Waals surface area contributed by atoms with Gasteiger partial charge in [-0.05, 0) is 114 Å². The molecule has 0 aromatic carbocycles. The predicted octanol–water partition coefficient (Wildman–Crippen LogP) is 0.831. The van der Waals surface area contributed by atoms with Gasteiger partial charge in [0.25, 0.3) is 0 Å². The first kappa shape index (κ1) is 69.3. The van der Waals surface area contributed by atoms with Gasteiger partial charge in [0.2, 0.25) is 0 Å². The minimum atomic E-state index is -2.14. The summed E-state index contributed by atoms with van der Waals surface area (Å²) in [4.78, 5) is 54.1. The van der Waals surface area contributed by atoms with E-state index in [2.05, 4.69) is 19.9 Å². The molecule has 25 heteroatoms. The van der Waals surface area contributed by atoms with E-state index in [1.165, 1.54) is 6.92 Å². The smallest absolute Gasteiger partial charge is 0.335 e. The first-order chi connectivity index (χ1) is 40.5. The van der Waals surface area contributed by atoms with E-state index in [1.807, 2.05) is 34.6 Å². The maximum absolute atomic E-state index is 14.5. The molecular weight excluding hydrogens is 1140 g/mol. The molecule has 494 valence electrons. The first-order valence-electron chi connectivity index (χ1n) is 30.6. The van der Waals surface area contributed by atoms with E-state index in [1.54, 1.807) is 46.8 Å². The summed E-state index contributed by atoms with van der Waals surface area (Å²) >= 11 is 0. The van der Waals surface area contributed by atoms with Gasteiger partial charge >= 0.3 is 23.9 Å². The molecule has 25 nitrogen and oxygen atoms in total. The Labute approximate surface area is 507 Å². The topological polar surface area (TPSA) is 394 Å². The lowest BCUT2D eigenvalue weighted by Crippen LogP contribution is -2.76. The van der Waals surface area contributed by atoms with Crippen LogP contribution in [0.1, 0.15) is 129 Å². The van der Waals surface area contributed by atoms with Crippen LogP contribution in [-0.2, 0) is 61.8 Å². The second kappa shape index (κ2) is 25.5. The fourth-order valence-corrected chi connectivity index (χ4v) is 16.8. The Morgan fingerprint density at radius 1 is 0.655 bits per heavy atom. The van der Waals surface area contributed by atoms with Crippen LogP contribution in [0.3, 0.4) is 0 Å². The zero-order valence-corrected chi connectivity index (χ0v) is 52.1. The van der Waals surface area contributed by atoms with Crippen molar-refractivity contribution in [2.75, 3.05) is 19.8 Å². The molecule has 7 fully saturated rings. The molecule has 87 heavy (non-hydrogen) atoms. The van der Waals surface area contributed by atoms with Crippen LogP contribution >= 0.6 is 0 Å². The number of allylic oxidation sites excluding steroid dienone is 3. The summed E-state index contributed by atoms with van der Waals surface area (Å²) in [6, 6.07) is 0. The number of carbonyl (C=O) groups excluding carboxylic acids is 3. The lowest BCUT2D eigenvalue weighted by molar-refractivity contribution is -0.386. The van der Waals surface area contributed by atoms with Gasteiger partial charge in [-0.1, -0.05) is 72.3 Å². The van der Waals surface area contributed by atoms with Gasteiger partial charge < -0.3 is 104 Å². The number of esters is 3. The predicted molar refractivity (Wildman–Crippen MR) is 301 cm³/mol. The van der Waals surface area contributed by atoms with Gasteiger partial charge in [0.05, 0.1) is 49.5 Å². The molecule has 3 saturated heterocycles. The molecule has 0 spiro atoms. The minimum absolute atomic E-state index is 0.193. The third-order valence-electron chi connectivity index (χ3n) is 22.7. The largest absolute Gasteiger partial charge is 0.479 e. The number of carboxylic acids is 1. The number of rotatable bonds is 17. The normalized spacial score (nSPS) is 46.7. The van der Waals surface area contributed by atoms with Gasteiger partial charge in [-0.25, -0.2) is 14.4 Å². The van der Waals surface area contributed by atoms with E-state index in [9.17, 15) is 80.5 Å². The van der Waals surface area contributed by atoms with Gasteiger partial charge in [-0.15, -0.1) is 0 Å². The second-order valence-corrected chi connectivity index (χ2v) is 27.9. The van der Waals surface area contributed by atoms with E-state index in [-0.39, 0.29) is 30.3 Å². The monoisotopic (exact) mass is 1240 g/mol. The highest BCUT2D eigenvalue weighted by molar-refractivity contribution is 5.88. The van der Waals surface area contributed by atoms with Crippen LogP contribution in [0, 0.1) is 56.2 Å². The van der Waals surface area contributed by atoms with Crippen molar-refractivity contribution in [3.63, 3.8) is 0 Å². The average Bonchev–Trinajstić information content (AvgIpc) is 0.889. The Bertz CT molecular complexity index is 2620. The van der Waals surface area contributed by atoms with Gasteiger partial charge in [0, 0.05) is 22.0 Å². The molecule has 3 aliphatic heterocycles. The van der Waals surface area contributed by atoms with Crippen LogP contribution in [0.5, 0.6) is 0 Å². The first-order valence-corrected chi connectivity index (χ1v) is 30.6. The number of aliphatic carboxylic acids is 1. The van der Waals surface area contributed by atoms with E-state index in [4.69, 9.17) is 42.6 Å². The summed E-state index contributed by atoms with van der Waals surface area (Å²) in [5.74, 6) is -6.10. The van der Waals surface area contributed by atoms with Crippen molar-refractivity contribution in [2.45, 2.75) is 251 Å². The SMILES string of the molecule is C/C=C(/C)C(=O)OC(C)C(C)C(=O)O[C@H]1[C@H](OC(=O)/C(C)=C\C)C(C)(C)CC2C3=CCC4[C@@]5(C)CC[C@H](O[C@@H]6OC(C(=O)O)[C@H](O)[C@H](O[C@@H]7O[C@H](CO)[C@H](O)C7O)C6O[C@@H]6OC(CO)[C@H](O)[C@H](O)C6O)C(C)(C)C5CC[C@@]4(C)[C@]3(C)[C@@H](O)[C@@H](O)[C@]21CO. The Morgan fingerprint density at radius 2 is 1.22 bits per heavy atom. The molecule has 0 radical (unpaired) electrons. The van der Waals surface area contributed by atoms with E-state index < -0.39 is 211 Å². The Morgan fingerprint density at radius 3 is 1.78 bits per heavy atom. The van der Waals surface area contributed by atoms with E-state index in [0.717, 1.165) is 5.57 Å². The highest BCUT2D eigenvalue weighted by Gasteiger charge is 2.76. The van der Waals surface area contributed by atoms with Gasteiger partial charge in [-0.2, -0.15) is 0 Å². The highest BCUT2D eigenvalue weighted by Crippen LogP contribution is 2.76. The van der Waals surface area contributed by atoms with Crippen molar-refractivity contribution in [3.05, 3.63) is 34.9 Å². The van der Waals surface area contributed by atoms with Crippen molar-refractivity contribution in [1.82, 2.24) is 0 Å². The highest BCUT2D eigenvalue weighted by atomic mass is 16.8. The third kappa shape index (κ3) is 11.4. The van der Waals surface area contributed by atoms with Crippen LogP contribution in [0.4, 0.5) is 0 Å². The summed E-state index contributed by atoms with van der Waals surface area (Å²) in [5.41, 5.74) is -4.86. The number of hydrogen-bond acceptors (Lipinski definition) is 24. The van der Waals surface area contributed by atoms with E-state index in [0.29, 0.717) is 31.3 Å². The standard InChI is InChI=1S/C62H96O25/c1-14-26(3)51(76)79-29(6)28(5)53(78)87-49-48(86-52(77)27(4)15-2)57(7,8)22-31-30-16-17-35-59(11)20-19-36(58(9,10)34(59)18-21-60(35,12)61(30,13)46(72)47(73)62(31,49)25-65)82-56-45(85-55-41(70)39(68)37(66)32(23-63)80-55)43(42(71)44(84-56)50(74)75)83-54-40(69)38(67)33(24-64)81-54/h14-16,28-29,31-49,54-56,63-73H,17-25H2,1-13H3,(H,74,75)/b26-14-,27-15-/t28?,29?,31?,32?,33-,34?,35?,36+,37+,38+,39+,40?,41?,42-,43+,44?,45?,46+,47-,48+,49+,54+,55+,56-,59+,60-,61+,62+/m1/s1. The Kier molecular flexibility index (Phi) is 20.3. The second-order valence-electron chi connectivity index (χ2n) is 27.9. The zero-order valence-electron chi connectivity index (χ0n) is 52.1. The van der Waals surface area contributed by atoms with Crippen LogP contribution < -0.4 is 0 Å². The van der Waals surface area contributed by atoms with Crippen LogP contribution in [0.15, 0.2) is 34.9 Å². The van der Waals surface area contributed by atoms with Crippen molar-refractivity contribution < 1.29 is 123 Å². The fraction of sp³-hybridized carbons (Fsp3) is 0.839. The lowest BCUT2D eigenvalue weighted by Gasteiger charge is -2.73. The number of hydrogen-bond donors (Lipinski definition) is 12. The summed E-state index contributed by atoms with van der Waals surface area (Å²) in [7, 11) is 0. The molecule has 8 rings (SSSR count). The molecule has 10 unspecified atom stereocenters. The number of fused-ring (bicyclic) bond motifs is 7. The van der Waals surface area contributed by atoms with Gasteiger partial charge in [0.1, 0.15) is 73.2 Å². The molecule has 4 saturated carbocycles. The third-order valence-corrected chi connectivity index (χ3v) is 22.7.